The lowest BCUT2D eigenvalue weighted by atomic mass is 9.69. The van der Waals surface area contributed by atoms with Crippen LogP contribution in [-0.2, 0) is 32.0 Å². The van der Waals surface area contributed by atoms with E-state index in [2.05, 4.69) is 20.4 Å². The quantitative estimate of drug-likeness (QED) is 0.218. The Labute approximate surface area is 267 Å². The minimum absolute atomic E-state index is 0.0500. The molecule has 3 unspecified atom stereocenters. The molecule has 1 spiro atoms. The van der Waals surface area contributed by atoms with Gasteiger partial charge in [0.05, 0.1) is 32.6 Å². The number of carbonyl (C=O) groups is 2. The number of nitrogens with zero attached hydrogens (tertiary/aromatic N) is 2. The predicted octanol–water partition coefficient (Wildman–Crippen LogP) is 6.06. The van der Waals surface area contributed by atoms with Crippen LogP contribution in [-0.4, -0.2) is 72.1 Å². The van der Waals surface area contributed by atoms with Gasteiger partial charge in [0.25, 0.3) is 5.91 Å². The zero-order valence-electron chi connectivity index (χ0n) is 24.0. The molecule has 2 amide bonds. The van der Waals surface area contributed by atoms with Gasteiger partial charge in [0, 0.05) is 11.3 Å². The Morgan fingerprint density at radius 1 is 1.19 bits per heavy atom. The number of halogens is 4. The first-order valence-corrected chi connectivity index (χ1v) is 16.8. The molecule has 234 valence electrons. The van der Waals surface area contributed by atoms with E-state index < -0.39 is 49.9 Å². The van der Waals surface area contributed by atoms with Gasteiger partial charge in [-0.3, -0.25) is 9.69 Å². The van der Waals surface area contributed by atoms with Crippen LogP contribution in [0.5, 0.6) is 11.5 Å². The molecular weight excluding hydrogens is 650 g/mol. The number of hydrogen-bond acceptors (Lipinski definition) is 7. The fraction of sp³-hybridized carbons (Fsp3) is 0.643. The van der Waals surface area contributed by atoms with Crippen molar-refractivity contribution in [2.45, 2.75) is 67.8 Å². The summed E-state index contributed by atoms with van der Waals surface area (Å²) < 4.78 is 42.7. The first kappa shape index (κ1) is 33.3. The molecule has 14 heteroatoms. The van der Waals surface area contributed by atoms with Crippen LogP contribution in [0, 0.1) is 16.7 Å². The number of benzene rings is 1. The van der Waals surface area contributed by atoms with Crippen LogP contribution in [0.1, 0.15) is 50.7 Å². The summed E-state index contributed by atoms with van der Waals surface area (Å²) in [6.07, 6.45) is 2.67. The molecule has 0 N–H and O–H groups in total. The first-order chi connectivity index (χ1) is 19.6. The second-order valence-electron chi connectivity index (χ2n) is 11.7. The molecule has 1 aliphatic heterocycles. The summed E-state index contributed by atoms with van der Waals surface area (Å²) in [7, 11) is -1.03. The Morgan fingerprint density at radius 3 is 2.33 bits per heavy atom. The second kappa shape index (κ2) is 12.1. The molecule has 9 nitrogen and oxygen atoms in total. The smallest absolute Gasteiger partial charge is 0.410 e. The van der Waals surface area contributed by atoms with E-state index in [9.17, 15) is 18.0 Å². The molecule has 4 rings (SSSR count). The van der Waals surface area contributed by atoms with Crippen molar-refractivity contribution in [1.82, 2.24) is 9.21 Å². The number of methoxy groups -OCH3 is 2. The molecule has 4 atom stereocenters. The van der Waals surface area contributed by atoms with E-state index in [0.29, 0.717) is 35.0 Å². The van der Waals surface area contributed by atoms with Crippen LogP contribution >= 0.6 is 46.4 Å². The van der Waals surface area contributed by atoms with Crippen molar-refractivity contribution in [2.75, 3.05) is 26.6 Å². The maximum Gasteiger partial charge on any atom is 0.410 e. The third kappa shape index (κ3) is 5.78. The highest BCUT2D eigenvalue weighted by Crippen LogP contribution is 2.70. The monoisotopic (exact) mass is 684 g/mol. The molecule has 2 bridgehead atoms. The molecule has 1 saturated heterocycles. The lowest BCUT2D eigenvalue weighted by Crippen LogP contribution is -2.54. The molecule has 1 aromatic rings. The molecule has 3 aliphatic rings. The van der Waals surface area contributed by atoms with Gasteiger partial charge in [-0.25, -0.2) is 17.5 Å². The Kier molecular flexibility index (Phi) is 9.57. The summed E-state index contributed by atoms with van der Waals surface area (Å²) in [5, 5.41) is 0. The Hall–Kier alpha value is -1.59. The standard InChI is InChI=1S/C28H36Cl4N2O7S/c1-6-7-20(24(35)34-23-12-19-8-9-27(23,26(19,2)3)16-42(34,37)38)33(25(36)41-15-28(30,31)32)14-18-11-22(40-5)21(39-4)10-17(18)13-29/h6,10-11,19-20,23H,1,7-9,12-16H2,2-5H3/t19?,20-,23?,27?/m0/s1. The van der Waals surface area contributed by atoms with Crippen molar-refractivity contribution >= 4 is 68.4 Å². The van der Waals surface area contributed by atoms with E-state index in [1.807, 2.05) is 0 Å². The van der Waals surface area contributed by atoms with Crippen molar-refractivity contribution in [3.8, 4) is 11.5 Å². The maximum atomic E-state index is 14.4. The minimum Gasteiger partial charge on any atom is -0.493 e. The number of carbonyl (C=O) groups excluding carboxylic acids is 2. The molecule has 0 radical (unpaired) electrons. The average molecular weight is 686 g/mol. The van der Waals surface area contributed by atoms with Crippen LogP contribution in [0.15, 0.2) is 24.8 Å². The van der Waals surface area contributed by atoms with Gasteiger partial charge in [-0.2, -0.15) is 0 Å². The SMILES string of the molecule is C=CC[C@@H](C(=O)N1C2CC3CCC2(CS1(=O)=O)C3(C)C)N(Cc1cc(OC)c(OC)cc1CCl)C(=O)OCC(Cl)(Cl)Cl. The topological polar surface area (TPSA) is 102 Å². The van der Waals surface area contributed by atoms with Gasteiger partial charge in [0.15, 0.2) is 11.5 Å². The number of rotatable bonds is 10. The Balaban J connectivity index is 1.77. The van der Waals surface area contributed by atoms with Crippen molar-refractivity contribution < 1.29 is 32.2 Å². The van der Waals surface area contributed by atoms with E-state index in [4.69, 9.17) is 60.6 Å². The van der Waals surface area contributed by atoms with Crippen LogP contribution in [0.25, 0.3) is 0 Å². The van der Waals surface area contributed by atoms with Crippen molar-refractivity contribution in [3.63, 3.8) is 0 Å². The lowest BCUT2D eigenvalue weighted by Gasteiger charge is -2.38. The third-order valence-electron chi connectivity index (χ3n) is 9.46. The van der Waals surface area contributed by atoms with Gasteiger partial charge < -0.3 is 14.2 Å². The fourth-order valence-corrected chi connectivity index (χ4v) is 10.2. The highest BCUT2D eigenvalue weighted by molar-refractivity contribution is 7.90. The highest BCUT2D eigenvalue weighted by atomic mass is 35.6. The van der Waals surface area contributed by atoms with Crippen LogP contribution in [0.3, 0.4) is 0 Å². The highest BCUT2D eigenvalue weighted by Gasteiger charge is 2.72. The molecule has 0 aromatic heterocycles. The number of amides is 2. The summed E-state index contributed by atoms with van der Waals surface area (Å²) in [5.41, 5.74) is 0.338. The fourth-order valence-electron chi connectivity index (χ4n) is 7.19. The molecule has 3 fully saturated rings. The van der Waals surface area contributed by atoms with Gasteiger partial charge in [0.1, 0.15) is 12.6 Å². The summed E-state index contributed by atoms with van der Waals surface area (Å²) in [6.45, 7) is 7.18. The largest absolute Gasteiger partial charge is 0.493 e. The molecular formula is C28H36Cl4N2O7S. The number of alkyl halides is 4. The van der Waals surface area contributed by atoms with Crippen molar-refractivity contribution in [1.29, 1.82) is 0 Å². The van der Waals surface area contributed by atoms with E-state index in [0.717, 1.165) is 22.0 Å². The average Bonchev–Trinajstić information content (AvgIpc) is 3.40. The van der Waals surface area contributed by atoms with E-state index >= 15 is 0 Å². The number of ether oxygens (including phenoxy) is 3. The third-order valence-corrected chi connectivity index (χ3v) is 12.0. The summed E-state index contributed by atoms with van der Waals surface area (Å²) >= 11 is 23.8. The molecule has 2 aliphatic carbocycles. The van der Waals surface area contributed by atoms with E-state index in [1.165, 1.54) is 20.3 Å². The van der Waals surface area contributed by atoms with E-state index in [1.54, 1.807) is 12.1 Å². The molecule has 1 aromatic carbocycles. The van der Waals surface area contributed by atoms with Gasteiger partial charge >= 0.3 is 6.09 Å². The minimum atomic E-state index is -3.97. The summed E-state index contributed by atoms with van der Waals surface area (Å²) in [6, 6.07) is 1.53. The van der Waals surface area contributed by atoms with Crippen molar-refractivity contribution in [2.24, 2.45) is 16.7 Å². The second-order valence-corrected chi connectivity index (χ2v) is 16.3. The Morgan fingerprint density at radius 2 is 1.81 bits per heavy atom. The summed E-state index contributed by atoms with van der Waals surface area (Å²) in [5.74, 6) is 0.316. The number of sulfonamides is 1. The first-order valence-electron chi connectivity index (χ1n) is 13.5. The molecule has 42 heavy (non-hydrogen) atoms. The predicted molar refractivity (Wildman–Crippen MR) is 163 cm³/mol. The van der Waals surface area contributed by atoms with E-state index in [-0.39, 0.29) is 30.0 Å². The zero-order chi connectivity index (χ0) is 31.3. The maximum absolute atomic E-state index is 14.4. The normalized spacial score (nSPS) is 26.0. The van der Waals surface area contributed by atoms with Crippen LogP contribution in [0.2, 0.25) is 0 Å². The van der Waals surface area contributed by atoms with Gasteiger partial charge in [0.2, 0.25) is 13.8 Å². The van der Waals surface area contributed by atoms with Gasteiger partial charge in [-0.05, 0) is 60.3 Å². The Bertz CT molecular complexity index is 1350. The van der Waals surface area contributed by atoms with Crippen LogP contribution < -0.4 is 9.47 Å². The molecule has 1 heterocycles. The van der Waals surface area contributed by atoms with Crippen LogP contribution in [0.4, 0.5) is 4.79 Å². The number of hydrogen-bond donors (Lipinski definition) is 0. The van der Waals surface area contributed by atoms with Gasteiger partial charge in [-0.1, -0.05) is 54.7 Å². The van der Waals surface area contributed by atoms with Gasteiger partial charge in [-0.15, -0.1) is 18.2 Å². The van der Waals surface area contributed by atoms with Crippen molar-refractivity contribution in [3.05, 3.63) is 35.9 Å². The lowest BCUT2D eigenvalue weighted by molar-refractivity contribution is -0.134. The zero-order valence-corrected chi connectivity index (χ0v) is 27.8. The summed E-state index contributed by atoms with van der Waals surface area (Å²) in [4.78, 5) is 29.1. The number of fused-ring (bicyclic) bond motifs is 1. The molecule has 2 saturated carbocycles.